The van der Waals surface area contributed by atoms with E-state index >= 15 is 0 Å². The summed E-state index contributed by atoms with van der Waals surface area (Å²) in [5.74, 6) is -1.03. The van der Waals surface area contributed by atoms with Crippen LogP contribution in [0.3, 0.4) is 0 Å². The van der Waals surface area contributed by atoms with E-state index in [-0.39, 0.29) is 11.8 Å². The van der Waals surface area contributed by atoms with Crippen LogP contribution in [-0.2, 0) is 20.7 Å². The zero-order valence-corrected chi connectivity index (χ0v) is 16.4. The molecule has 0 radical (unpaired) electrons. The molecule has 0 saturated heterocycles. The number of amides is 1. The minimum atomic E-state index is -0.641. The van der Waals surface area contributed by atoms with Crippen molar-refractivity contribution in [2.75, 3.05) is 11.9 Å². The lowest BCUT2D eigenvalue weighted by Crippen LogP contribution is -2.21. The molecule has 7 heteroatoms. The number of carbonyl (C=O) groups is 2. The number of fused-ring (bicyclic) bond motifs is 1. The standard InChI is InChI=1S/C21H20ClN3O3/c1-3-15-8-6-7-14(2)20(15)24-18(26)13-28-19(27)11-10-16-21(22)23-17-9-4-5-12-25(16)17/h4-12H,3,13H2,1-2H3,(H,24,26)/b11-10+. The first-order valence-corrected chi connectivity index (χ1v) is 9.23. The largest absolute Gasteiger partial charge is 0.452 e. The summed E-state index contributed by atoms with van der Waals surface area (Å²) in [7, 11) is 0. The van der Waals surface area contributed by atoms with Gasteiger partial charge in [-0.1, -0.05) is 42.8 Å². The third kappa shape index (κ3) is 4.40. The summed E-state index contributed by atoms with van der Waals surface area (Å²) >= 11 is 6.11. The first-order chi connectivity index (χ1) is 13.5. The molecule has 0 fully saturated rings. The van der Waals surface area contributed by atoms with E-state index in [9.17, 15) is 9.59 Å². The number of anilines is 1. The molecule has 0 aliphatic rings. The summed E-state index contributed by atoms with van der Waals surface area (Å²) in [6.07, 6.45) is 5.32. The van der Waals surface area contributed by atoms with Crippen molar-refractivity contribution in [3.8, 4) is 0 Å². The van der Waals surface area contributed by atoms with Crippen molar-refractivity contribution >= 4 is 40.9 Å². The van der Waals surface area contributed by atoms with Gasteiger partial charge in [-0.15, -0.1) is 0 Å². The summed E-state index contributed by atoms with van der Waals surface area (Å²) in [4.78, 5) is 28.3. The molecule has 3 aromatic rings. The molecule has 0 aliphatic heterocycles. The average Bonchev–Trinajstić information content (AvgIpc) is 3.01. The lowest BCUT2D eigenvalue weighted by molar-refractivity contribution is -0.142. The van der Waals surface area contributed by atoms with Crippen LogP contribution in [0.15, 0.2) is 48.7 Å². The number of halogens is 1. The highest BCUT2D eigenvalue weighted by atomic mass is 35.5. The molecule has 0 saturated carbocycles. The SMILES string of the molecule is CCc1cccc(C)c1NC(=O)COC(=O)/C=C/c1c(Cl)nc2ccccn12. The van der Waals surface area contributed by atoms with Crippen molar-refractivity contribution in [3.05, 3.63) is 70.6 Å². The fourth-order valence-electron chi connectivity index (χ4n) is 2.84. The second kappa shape index (κ2) is 8.71. The van der Waals surface area contributed by atoms with Gasteiger partial charge in [-0.3, -0.25) is 9.20 Å². The number of nitrogens with zero attached hydrogens (tertiary/aromatic N) is 2. The van der Waals surface area contributed by atoms with E-state index in [1.165, 1.54) is 12.2 Å². The Morgan fingerprint density at radius 1 is 1.25 bits per heavy atom. The number of rotatable bonds is 6. The molecule has 0 aliphatic carbocycles. The number of imidazole rings is 1. The minimum absolute atomic E-state index is 0.277. The Morgan fingerprint density at radius 3 is 2.86 bits per heavy atom. The van der Waals surface area contributed by atoms with Crippen molar-refractivity contribution in [2.45, 2.75) is 20.3 Å². The van der Waals surface area contributed by atoms with E-state index in [0.29, 0.717) is 11.3 Å². The second-order valence-electron chi connectivity index (χ2n) is 6.17. The Morgan fingerprint density at radius 2 is 2.07 bits per heavy atom. The van der Waals surface area contributed by atoms with Gasteiger partial charge in [-0.25, -0.2) is 9.78 Å². The Labute approximate surface area is 167 Å². The summed E-state index contributed by atoms with van der Waals surface area (Å²) in [6.45, 7) is 3.56. The van der Waals surface area contributed by atoms with Gasteiger partial charge in [0.2, 0.25) is 0 Å². The van der Waals surface area contributed by atoms with Crippen molar-refractivity contribution in [3.63, 3.8) is 0 Å². The van der Waals surface area contributed by atoms with E-state index in [0.717, 1.165) is 23.2 Å². The third-order valence-corrected chi connectivity index (χ3v) is 4.53. The van der Waals surface area contributed by atoms with E-state index in [1.807, 2.05) is 50.2 Å². The zero-order valence-electron chi connectivity index (χ0n) is 15.6. The molecule has 2 heterocycles. The van der Waals surface area contributed by atoms with Gasteiger partial charge in [-0.05, 0) is 42.7 Å². The maximum atomic E-state index is 12.2. The molecule has 0 spiro atoms. The number of esters is 1. The molecule has 1 aromatic carbocycles. The number of benzene rings is 1. The molecular formula is C21H20ClN3O3. The smallest absolute Gasteiger partial charge is 0.331 e. The molecule has 28 heavy (non-hydrogen) atoms. The fraction of sp³-hybridized carbons (Fsp3) is 0.190. The summed E-state index contributed by atoms with van der Waals surface area (Å²) in [6, 6.07) is 11.3. The van der Waals surface area contributed by atoms with Crippen molar-refractivity contribution in [1.82, 2.24) is 9.38 Å². The monoisotopic (exact) mass is 397 g/mol. The quantitative estimate of drug-likeness (QED) is 0.503. The van der Waals surface area contributed by atoms with Crippen LogP contribution in [0.5, 0.6) is 0 Å². The van der Waals surface area contributed by atoms with Crippen LogP contribution in [0.25, 0.3) is 11.7 Å². The number of pyridine rings is 1. The van der Waals surface area contributed by atoms with Crippen LogP contribution in [-0.4, -0.2) is 27.9 Å². The van der Waals surface area contributed by atoms with Gasteiger partial charge < -0.3 is 10.1 Å². The number of hydrogen-bond acceptors (Lipinski definition) is 4. The van der Waals surface area contributed by atoms with Crippen LogP contribution in [0, 0.1) is 6.92 Å². The molecule has 0 bridgehead atoms. The first kappa shape index (κ1) is 19.6. The zero-order chi connectivity index (χ0) is 20.1. The maximum absolute atomic E-state index is 12.2. The Bertz CT molecular complexity index is 1060. The van der Waals surface area contributed by atoms with Gasteiger partial charge in [0.25, 0.3) is 5.91 Å². The third-order valence-electron chi connectivity index (χ3n) is 4.25. The lowest BCUT2D eigenvalue weighted by atomic mass is 10.1. The number of carbonyl (C=O) groups excluding carboxylic acids is 2. The van der Waals surface area contributed by atoms with Crippen LogP contribution in [0.2, 0.25) is 5.15 Å². The highest BCUT2D eigenvalue weighted by Gasteiger charge is 2.11. The first-order valence-electron chi connectivity index (χ1n) is 8.85. The topological polar surface area (TPSA) is 72.7 Å². The summed E-state index contributed by atoms with van der Waals surface area (Å²) < 4.78 is 6.78. The number of aromatic nitrogens is 2. The van der Waals surface area contributed by atoms with Crippen LogP contribution < -0.4 is 5.32 Å². The highest BCUT2D eigenvalue weighted by Crippen LogP contribution is 2.21. The van der Waals surface area contributed by atoms with Gasteiger partial charge in [0.15, 0.2) is 11.8 Å². The molecule has 3 rings (SSSR count). The number of hydrogen-bond donors (Lipinski definition) is 1. The molecule has 144 valence electrons. The number of nitrogens with one attached hydrogen (secondary N) is 1. The Kier molecular flexibility index (Phi) is 6.11. The highest BCUT2D eigenvalue weighted by molar-refractivity contribution is 6.31. The van der Waals surface area contributed by atoms with Crippen LogP contribution >= 0.6 is 11.6 Å². The van der Waals surface area contributed by atoms with Crippen molar-refractivity contribution < 1.29 is 14.3 Å². The van der Waals surface area contributed by atoms with Gasteiger partial charge >= 0.3 is 5.97 Å². The minimum Gasteiger partial charge on any atom is -0.452 e. The van der Waals surface area contributed by atoms with Crippen molar-refractivity contribution in [1.29, 1.82) is 0 Å². The molecule has 2 aromatic heterocycles. The van der Waals surface area contributed by atoms with Crippen LogP contribution in [0.1, 0.15) is 23.7 Å². The number of aryl methyl sites for hydroxylation is 2. The Hall–Kier alpha value is -3.12. The molecule has 1 amide bonds. The number of para-hydroxylation sites is 1. The Balaban J connectivity index is 1.60. The molecule has 0 unspecified atom stereocenters. The maximum Gasteiger partial charge on any atom is 0.331 e. The molecule has 0 atom stereocenters. The van der Waals surface area contributed by atoms with E-state index in [1.54, 1.807) is 10.6 Å². The second-order valence-corrected chi connectivity index (χ2v) is 6.53. The predicted octanol–water partition coefficient (Wildman–Crippen LogP) is 4.05. The fourth-order valence-corrected chi connectivity index (χ4v) is 3.09. The summed E-state index contributed by atoms with van der Waals surface area (Å²) in [5, 5.41) is 3.09. The average molecular weight is 398 g/mol. The van der Waals surface area contributed by atoms with E-state index in [4.69, 9.17) is 16.3 Å². The normalized spacial score (nSPS) is 11.1. The van der Waals surface area contributed by atoms with Crippen LogP contribution in [0.4, 0.5) is 5.69 Å². The molecular weight excluding hydrogens is 378 g/mol. The van der Waals surface area contributed by atoms with Crippen molar-refractivity contribution in [2.24, 2.45) is 0 Å². The van der Waals surface area contributed by atoms with E-state index < -0.39 is 11.9 Å². The molecule has 6 nitrogen and oxygen atoms in total. The lowest BCUT2D eigenvalue weighted by Gasteiger charge is -2.12. The predicted molar refractivity (Wildman–Crippen MR) is 109 cm³/mol. The van der Waals surface area contributed by atoms with Gasteiger partial charge in [0.05, 0.1) is 5.69 Å². The van der Waals surface area contributed by atoms with Gasteiger partial charge in [0.1, 0.15) is 5.65 Å². The van der Waals surface area contributed by atoms with E-state index in [2.05, 4.69) is 10.3 Å². The summed E-state index contributed by atoms with van der Waals surface area (Å²) in [5.41, 5.74) is 3.98. The molecule has 1 N–H and O–H groups in total. The number of ether oxygens (including phenoxy) is 1. The van der Waals surface area contributed by atoms with Gasteiger partial charge in [0, 0.05) is 18.0 Å². The van der Waals surface area contributed by atoms with Gasteiger partial charge in [-0.2, -0.15) is 0 Å².